The van der Waals surface area contributed by atoms with E-state index in [4.69, 9.17) is 8.17 Å². The van der Waals surface area contributed by atoms with Gasteiger partial charge in [0.2, 0.25) is 0 Å². The molecule has 0 aromatic rings. The van der Waals surface area contributed by atoms with Crippen LogP contribution in [0.1, 0.15) is 12.8 Å². The minimum atomic E-state index is 0.262. The number of halogens is 1. The Morgan fingerprint density at radius 3 is 3.09 bits per heavy atom. The molecule has 0 amide bonds. The van der Waals surface area contributed by atoms with Gasteiger partial charge < -0.3 is 8.17 Å². The predicted octanol–water partition coefficient (Wildman–Crippen LogP) is 0.810. The minimum Gasteiger partial charge on any atom is -0.395 e. The highest BCUT2D eigenvalue weighted by Gasteiger charge is 2.23. The van der Waals surface area contributed by atoms with Crippen LogP contribution in [0.4, 0.5) is 0 Å². The van der Waals surface area contributed by atoms with E-state index in [2.05, 4.69) is 4.90 Å². The number of aliphatic hydroxyl groups is 1. The second kappa shape index (κ2) is 5.29. The molecule has 1 N–H and O–H groups in total. The summed E-state index contributed by atoms with van der Waals surface area (Å²) in [6.45, 7) is 2.97. The van der Waals surface area contributed by atoms with E-state index in [0.717, 1.165) is 19.7 Å². The molecule has 66 valence electrons. The van der Waals surface area contributed by atoms with E-state index in [-0.39, 0.29) is 6.61 Å². The van der Waals surface area contributed by atoms with Gasteiger partial charge in [-0.25, -0.2) is 0 Å². The molecule has 4 heteroatoms. The number of aliphatic hydroxyl groups excluding tert-OH is 1. The van der Waals surface area contributed by atoms with E-state index in [9.17, 15) is 0 Å². The first-order valence-corrected chi connectivity index (χ1v) is 4.85. The maximum absolute atomic E-state index is 8.73. The molecule has 0 aromatic heterocycles. The first-order chi connectivity index (χ1) is 5.38. The second-order valence-corrected chi connectivity index (χ2v) is 3.45. The van der Waals surface area contributed by atoms with Crippen molar-refractivity contribution in [2.24, 2.45) is 0 Å². The molecule has 0 aromatic carbocycles. The van der Waals surface area contributed by atoms with Gasteiger partial charge in [-0.05, 0) is 19.4 Å². The smallest absolute Gasteiger partial charge is 0.109 e. The number of likely N-dealkylation sites (tertiary alicyclic amines) is 1. The van der Waals surface area contributed by atoms with Gasteiger partial charge in [0, 0.05) is 12.6 Å². The van der Waals surface area contributed by atoms with Crippen molar-refractivity contribution in [2.45, 2.75) is 18.9 Å². The Morgan fingerprint density at radius 2 is 2.45 bits per heavy atom. The monoisotopic (exact) mass is 271 g/mol. The van der Waals surface area contributed by atoms with Crippen molar-refractivity contribution in [1.29, 1.82) is 0 Å². The van der Waals surface area contributed by atoms with Crippen LogP contribution in [0.2, 0.25) is 0 Å². The van der Waals surface area contributed by atoms with Gasteiger partial charge in [0.25, 0.3) is 0 Å². The Labute approximate surface area is 81.4 Å². The lowest BCUT2D eigenvalue weighted by Crippen LogP contribution is -2.34. The number of rotatable bonds is 4. The molecule has 1 aliphatic rings. The summed E-state index contributed by atoms with van der Waals surface area (Å²) in [5.41, 5.74) is 0. The lowest BCUT2D eigenvalue weighted by molar-refractivity contribution is 0.160. The second-order valence-electron chi connectivity index (χ2n) is 2.83. The quantitative estimate of drug-likeness (QED) is 0.768. The summed E-state index contributed by atoms with van der Waals surface area (Å²) in [6, 6.07) is 0.541. The Kier molecular flexibility index (Phi) is 4.66. The number of hydrogen-bond donors (Lipinski definition) is 1. The van der Waals surface area contributed by atoms with Crippen LogP contribution < -0.4 is 0 Å². The fraction of sp³-hybridized carbons (Fsp3) is 1.00. The van der Waals surface area contributed by atoms with E-state index in [1.807, 2.05) is 23.0 Å². The van der Waals surface area contributed by atoms with Crippen LogP contribution in [0, 0.1) is 0 Å². The van der Waals surface area contributed by atoms with E-state index < -0.39 is 0 Å². The molecule has 0 bridgehead atoms. The van der Waals surface area contributed by atoms with Gasteiger partial charge >= 0.3 is 0 Å². The Morgan fingerprint density at radius 1 is 1.64 bits per heavy atom. The highest BCUT2D eigenvalue weighted by Crippen LogP contribution is 2.17. The number of nitrogens with zero attached hydrogens (tertiary/aromatic N) is 1. The van der Waals surface area contributed by atoms with Crippen molar-refractivity contribution < 1.29 is 8.17 Å². The molecule has 1 saturated heterocycles. The first-order valence-electron chi connectivity index (χ1n) is 3.97. The van der Waals surface area contributed by atoms with Crippen molar-refractivity contribution in [3.05, 3.63) is 0 Å². The third kappa shape index (κ3) is 2.85. The molecule has 0 spiro atoms. The normalized spacial score (nSPS) is 26.2. The van der Waals surface area contributed by atoms with Crippen molar-refractivity contribution in [3.63, 3.8) is 0 Å². The summed E-state index contributed by atoms with van der Waals surface area (Å²) >= 11 is 1.93. The van der Waals surface area contributed by atoms with E-state index in [1.165, 1.54) is 12.8 Å². The zero-order valence-electron chi connectivity index (χ0n) is 6.50. The van der Waals surface area contributed by atoms with Gasteiger partial charge in [-0.3, -0.25) is 4.90 Å². The third-order valence-corrected chi connectivity index (χ3v) is 2.50. The van der Waals surface area contributed by atoms with Crippen molar-refractivity contribution in [1.82, 2.24) is 4.90 Å². The molecular formula is C7H14INO2. The fourth-order valence-electron chi connectivity index (χ4n) is 1.58. The summed E-state index contributed by atoms with van der Waals surface area (Å²) in [6.07, 6.45) is 2.45. The largest absolute Gasteiger partial charge is 0.395 e. The summed E-state index contributed by atoms with van der Waals surface area (Å²) in [5, 5.41) is 8.73. The predicted molar refractivity (Wildman–Crippen MR) is 51.7 cm³/mol. The molecule has 0 saturated carbocycles. The Balaban J connectivity index is 2.25. The van der Waals surface area contributed by atoms with Crippen molar-refractivity contribution in [3.8, 4) is 0 Å². The van der Waals surface area contributed by atoms with E-state index in [0.29, 0.717) is 6.04 Å². The standard InChI is InChI=1S/C7H14INO2/c8-11-6-7-2-1-3-9(7)4-5-10/h7,10H,1-6H2/t7-/m0/s1. The van der Waals surface area contributed by atoms with Crippen LogP contribution in [0.25, 0.3) is 0 Å². The summed E-state index contributed by atoms with van der Waals surface area (Å²) in [7, 11) is 0. The zero-order chi connectivity index (χ0) is 8.10. The minimum absolute atomic E-state index is 0.262. The van der Waals surface area contributed by atoms with Crippen molar-refractivity contribution >= 4 is 23.0 Å². The Hall–Kier alpha value is 0.610. The molecule has 1 atom stereocenters. The molecular weight excluding hydrogens is 257 g/mol. The maximum Gasteiger partial charge on any atom is 0.109 e. The van der Waals surface area contributed by atoms with Crippen LogP contribution in [-0.2, 0) is 3.07 Å². The van der Waals surface area contributed by atoms with Crippen LogP contribution in [0.3, 0.4) is 0 Å². The van der Waals surface area contributed by atoms with Crippen LogP contribution in [0.15, 0.2) is 0 Å². The third-order valence-electron chi connectivity index (χ3n) is 2.14. The molecule has 1 aliphatic heterocycles. The van der Waals surface area contributed by atoms with Crippen LogP contribution in [0.5, 0.6) is 0 Å². The van der Waals surface area contributed by atoms with Gasteiger partial charge in [-0.2, -0.15) is 0 Å². The molecule has 11 heavy (non-hydrogen) atoms. The van der Waals surface area contributed by atoms with E-state index in [1.54, 1.807) is 0 Å². The van der Waals surface area contributed by atoms with E-state index >= 15 is 0 Å². The van der Waals surface area contributed by atoms with Crippen LogP contribution >= 0.6 is 23.0 Å². The molecule has 0 radical (unpaired) electrons. The lowest BCUT2D eigenvalue weighted by Gasteiger charge is -2.21. The number of hydrogen-bond acceptors (Lipinski definition) is 3. The summed E-state index contributed by atoms with van der Waals surface area (Å²) in [5.74, 6) is 0. The SMILES string of the molecule is OCCN1CCC[C@H]1COI. The van der Waals surface area contributed by atoms with Crippen molar-refractivity contribution in [2.75, 3.05) is 26.3 Å². The zero-order valence-corrected chi connectivity index (χ0v) is 8.66. The maximum atomic E-state index is 8.73. The topological polar surface area (TPSA) is 32.7 Å². The van der Waals surface area contributed by atoms with Crippen LogP contribution in [-0.4, -0.2) is 42.4 Å². The molecule has 0 unspecified atom stereocenters. The van der Waals surface area contributed by atoms with Gasteiger partial charge in [0.1, 0.15) is 23.0 Å². The van der Waals surface area contributed by atoms with Gasteiger partial charge in [-0.15, -0.1) is 0 Å². The first kappa shape index (κ1) is 9.70. The molecule has 1 rings (SSSR count). The highest BCUT2D eigenvalue weighted by molar-refractivity contribution is 14.1. The number of β-amino-alcohol motifs (C(OH)–C–C–N with tert-alkyl or cyclic N) is 1. The molecule has 1 fully saturated rings. The summed E-state index contributed by atoms with van der Waals surface area (Å²) < 4.78 is 5.05. The molecule has 3 nitrogen and oxygen atoms in total. The molecule has 0 aliphatic carbocycles. The highest BCUT2D eigenvalue weighted by atomic mass is 127. The average Bonchev–Trinajstić information content (AvgIpc) is 2.39. The lowest BCUT2D eigenvalue weighted by atomic mass is 10.2. The Bertz CT molecular complexity index is 101. The average molecular weight is 271 g/mol. The van der Waals surface area contributed by atoms with Gasteiger partial charge in [-0.1, -0.05) is 0 Å². The summed E-state index contributed by atoms with van der Waals surface area (Å²) in [4.78, 5) is 2.29. The van der Waals surface area contributed by atoms with Gasteiger partial charge in [0.15, 0.2) is 0 Å². The fourth-order valence-corrected chi connectivity index (χ4v) is 1.99. The van der Waals surface area contributed by atoms with Gasteiger partial charge in [0.05, 0.1) is 13.2 Å². The molecule has 1 heterocycles.